The predicted octanol–water partition coefficient (Wildman–Crippen LogP) is 2.37. The lowest BCUT2D eigenvalue weighted by molar-refractivity contribution is 0.102. The zero-order chi connectivity index (χ0) is 17.7. The molecule has 0 spiro atoms. The molecule has 0 aliphatic rings. The van der Waals surface area contributed by atoms with E-state index in [0.29, 0.717) is 24.6 Å². The summed E-state index contributed by atoms with van der Waals surface area (Å²) in [5.74, 6) is -0.0709. The standard InChI is InChI=1S/C16H20N4O3S.ClH/c1-3-20(4-2)24(22,23)14-7-5-6-12(10-14)16(21)19-13-8-9-15(17)18-11-13;/h5-11H,3-4H2,1-2H3,(H2,17,18)(H,19,21);1H. The van der Waals surface area contributed by atoms with Crippen LogP contribution in [0.1, 0.15) is 24.2 Å². The average molecular weight is 385 g/mol. The molecule has 0 aliphatic carbocycles. The van der Waals surface area contributed by atoms with Gasteiger partial charge in [-0.25, -0.2) is 13.4 Å². The van der Waals surface area contributed by atoms with Crippen molar-refractivity contribution in [2.24, 2.45) is 0 Å². The third-order valence-electron chi connectivity index (χ3n) is 3.48. The lowest BCUT2D eigenvalue weighted by Gasteiger charge is -2.18. The summed E-state index contributed by atoms with van der Waals surface area (Å²) in [4.78, 5) is 16.3. The lowest BCUT2D eigenvalue weighted by atomic mass is 10.2. The van der Waals surface area contributed by atoms with E-state index in [4.69, 9.17) is 5.73 Å². The first-order chi connectivity index (χ1) is 11.4. The van der Waals surface area contributed by atoms with Gasteiger partial charge >= 0.3 is 0 Å². The van der Waals surface area contributed by atoms with Crippen molar-refractivity contribution < 1.29 is 13.2 Å². The third kappa shape index (κ3) is 4.91. The molecule has 2 rings (SSSR count). The van der Waals surface area contributed by atoms with Crippen LogP contribution in [0.25, 0.3) is 0 Å². The molecule has 0 atom stereocenters. The van der Waals surface area contributed by atoms with Gasteiger partial charge in [0.1, 0.15) is 5.82 Å². The Labute approximate surface area is 153 Å². The van der Waals surface area contributed by atoms with Gasteiger partial charge in [-0.2, -0.15) is 4.31 Å². The fraction of sp³-hybridized carbons (Fsp3) is 0.250. The summed E-state index contributed by atoms with van der Waals surface area (Å²) >= 11 is 0. The number of aromatic nitrogens is 1. The van der Waals surface area contributed by atoms with Crippen LogP contribution < -0.4 is 11.1 Å². The molecule has 1 aromatic heterocycles. The topological polar surface area (TPSA) is 105 Å². The van der Waals surface area contributed by atoms with Crippen molar-refractivity contribution in [3.05, 3.63) is 48.2 Å². The molecule has 0 bridgehead atoms. The van der Waals surface area contributed by atoms with Crippen LogP contribution in [0.4, 0.5) is 11.5 Å². The van der Waals surface area contributed by atoms with Crippen molar-refractivity contribution in [2.75, 3.05) is 24.1 Å². The molecule has 136 valence electrons. The Bertz CT molecular complexity index is 822. The SMILES string of the molecule is CCN(CC)S(=O)(=O)c1cccc(C(=O)Nc2ccc(N)nc2)c1.Cl. The molecular formula is C16H21ClN4O3S. The number of carbonyl (C=O) groups excluding carboxylic acids is 1. The molecular weight excluding hydrogens is 364 g/mol. The number of nitrogen functional groups attached to an aromatic ring is 1. The normalized spacial score (nSPS) is 11.0. The fourth-order valence-electron chi connectivity index (χ4n) is 2.19. The summed E-state index contributed by atoms with van der Waals surface area (Å²) in [5, 5.41) is 2.66. The highest BCUT2D eigenvalue weighted by Gasteiger charge is 2.22. The van der Waals surface area contributed by atoms with Crippen molar-refractivity contribution in [1.82, 2.24) is 9.29 Å². The second-order valence-electron chi connectivity index (χ2n) is 5.04. The van der Waals surface area contributed by atoms with Crippen LogP contribution >= 0.6 is 12.4 Å². The number of sulfonamides is 1. The quantitative estimate of drug-likeness (QED) is 0.795. The van der Waals surface area contributed by atoms with Crippen LogP contribution in [0.3, 0.4) is 0 Å². The molecule has 1 amide bonds. The molecule has 3 N–H and O–H groups in total. The zero-order valence-electron chi connectivity index (χ0n) is 14.0. The van der Waals surface area contributed by atoms with E-state index in [1.807, 2.05) is 0 Å². The minimum Gasteiger partial charge on any atom is -0.384 e. The highest BCUT2D eigenvalue weighted by atomic mass is 35.5. The molecule has 0 saturated heterocycles. The molecule has 0 saturated carbocycles. The molecule has 1 aromatic carbocycles. The number of hydrogen-bond donors (Lipinski definition) is 2. The van der Waals surface area contributed by atoms with E-state index >= 15 is 0 Å². The number of halogens is 1. The van der Waals surface area contributed by atoms with Crippen LogP contribution in [0.2, 0.25) is 0 Å². The van der Waals surface area contributed by atoms with Gasteiger partial charge in [-0.05, 0) is 30.3 Å². The number of carbonyl (C=O) groups is 1. The Balaban J connectivity index is 0.00000312. The first-order valence-corrected chi connectivity index (χ1v) is 8.95. The van der Waals surface area contributed by atoms with Gasteiger partial charge in [0.2, 0.25) is 10.0 Å². The van der Waals surface area contributed by atoms with E-state index in [2.05, 4.69) is 10.3 Å². The summed E-state index contributed by atoms with van der Waals surface area (Å²) in [6.07, 6.45) is 1.43. The highest BCUT2D eigenvalue weighted by Crippen LogP contribution is 2.18. The molecule has 0 unspecified atom stereocenters. The summed E-state index contributed by atoms with van der Waals surface area (Å²) in [6, 6.07) is 9.14. The van der Waals surface area contributed by atoms with E-state index in [1.165, 1.54) is 22.6 Å². The second kappa shape index (κ2) is 8.80. The van der Waals surface area contributed by atoms with Crippen LogP contribution in [0.15, 0.2) is 47.5 Å². The van der Waals surface area contributed by atoms with Gasteiger partial charge in [0.25, 0.3) is 5.91 Å². The van der Waals surface area contributed by atoms with Crippen molar-refractivity contribution in [3.63, 3.8) is 0 Å². The first kappa shape index (κ1) is 20.9. The van der Waals surface area contributed by atoms with E-state index in [9.17, 15) is 13.2 Å². The molecule has 0 radical (unpaired) electrons. The molecule has 7 nitrogen and oxygen atoms in total. The van der Waals surface area contributed by atoms with Crippen molar-refractivity contribution in [3.8, 4) is 0 Å². The summed E-state index contributed by atoms with van der Waals surface area (Å²) in [6.45, 7) is 4.27. The van der Waals surface area contributed by atoms with E-state index in [0.717, 1.165) is 0 Å². The van der Waals surface area contributed by atoms with Gasteiger partial charge in [-0.15, -0.1) is 12.4 Å². The monoisotopic (exact) mass is 384 g/mol. The predicted molar refractivity (Wildman–Crippen MR) is 100 cm³/mol. The number of amides is 1. The second-order valence-corrected chi connectivity index (χ2v) is 6.98. The van der Waals surface area contributed by atoms with Gasteiger partial charge in [-0.1, -0.05) is 19.9 Å². The number of anilines is 2. The molecule has 1 heterocycles. The van der Waals surface area contributed by atoms with E-state index < -0.39 is 15.9 Å². The van der Waals surface area contributed by atoms with E-state index in [1.54, 1.807) is 38.1 Å². The summed E-state index contributed by atoms with van der Waals surface area (Å²) < 4.78 is 26.4. The minimum absolute atomic E-state index is 0. The number of nitrogens with zero attached hydrogens (tertiary/aromatic N) is 2. The number of nitrogens with one attached hydrogen (secondary N) is 1. The Morgan fingerprint density at radius 2 is 1.88 bits per heavy atom. The fourth-order valence-corrected chi connectivity index (χ4v) is 3.70. The Morgan fingerprint density at radius 1 is 1.20 bits per heavy atom. The number of rotatable bonds is 6. The zero-order valence-corrected chi connectivity index (χ0v) is 15.6. The first-order valence-electron chi connectivity index (χ1n) is 7.51. The summed E-state index contributed by atoms with van der Waals surface area (Å²) in [5.41, 5.74) is 6.22. The maximum Gasteiger partial charge on any atom is 0.255 e. The molecule has 25 heavy (non-hydrogen) atoms. The number of nitrogens with two attached hydrogens (primary N) is 1. The van der Waals surface area contributed by atoms with Gasteiger partial charge in [0.05, 0.1) is 16.8 Å². The average Bonchev–Trinajstić information content (AvgIpc) is 2.58. The number of benzene rings is 1. The van der Waals surface area contributed by atoms with Crippen molar-refractivity contribution >= 4 is 39.8 Å². The number of hydrogen-bond acceptors (Lipinski definition) is 5. The molecule has 0 aliphatic heterocycles. The Hall–Kier alpha value is -2.16. The third-order valence-corrected chi connectivity index (χ3v) is 5.53. The van der Waals surface area contributed by atoms with Gasteiger partial charge in [0, 0.05) is 18.7 Å². The lowest BCUT2D eigenvalue weighted by Crippen LogP contribution is -2.30. The molecule has 9 heteroatoms. The van der Waals surface area contributed by atoms with Gasteiger partial charge in [0.15, 0.2) is 0 Å². The minimum atomic E-state index is -3.61. The molecule has 0 fully saturated rings. The van der Waals surface area contributed by atoms with Crippen molar-refractivity contribution in [1.29, 1.82) is 0 Å². The highest BCUT2D eigenvalue weighted by molar-refractivity contribution is 7.89. The van der Waals surface area contributed by atoms with Crippen LogP contribution in [-0.2, 0) is 10.0 Å². The Kier molecular flexibility index (Phi) is 7.35. The largest absolute Gasteiger partial charge is 0.384 e. The maximum atomic E-state index is 12.5. The molecule has 2 aromatic rings. The number of pyridine rings is 1. The van der Waals surface area contributed by atoms with Crippen LogP contribution in [0, 0.1) is 0 Å². The van der Waals surface area contributed by atoms with Gasteiger partial charge < -0.3 is 11.1 Å². The van der Waals surface area contributed by atoms with Crippen LogP contribution in [-0.4, -0.2) is 36.7 Å². The smallest absolute Gasteiger partial charge is 0.255 e. The van der Waals surface area contributed by atoms with Crippen LogP contribution in [0.5, 0.6) is 0 Å². The maximum absolute atomic E-state index is 12.5. The van der Waals surface area contributed by atoms with Gasteiger partial charge in [-0.3, -0.25) is 4.79 Å². The Morgan fingerprint density at radius 3 is 2.44 bits per heavy atom. The van der Waals surface area contributed by atoms with Crippen molar-refractivity contribution in [2.45, 2.75) is 18.7 Å². The summed E-state index contributed by atoms with van der Waals surface area (Å²) in [7, 11) is -3.61. The van der Waals surface area contributed by atoms with E-state index in [-0.39, 0.29) is 22.9 Å².